The quantitative estimate of drug-likeness (QED) is 0.425. The van der Waals surface area contributed by atoms with E-state index >= 15 is 0 Å². The first-order chi connectivity index (χ1) is 15.5. The Labute approximate surface area is 185 Å². The molecule has 1 N–H and O–H groups in total. The molecule has 0 saturated heterocycles. The fourth-order valence-electron chi connectivity index (χ4n) is 3.51. The van der Waals surface area contributed by atoms with E-state index < -0.39 is 0 Å². The van der Waals surface area contributed by atoms with E-state index in [1.54, 1.807) is 36.4 Å². The predicted octanol–water partition coefficient (Wildman–Crippen LogP) is 5.73. The monoisotopic (exact) mass is 430 g/mol. The summed E-state index contributed by atoms with van der Waals surface area (Å²) in [6, 6.07) is 20.2. The molecular weight excluding hydrogens is 407 g/mol. The second-order valence-electron chi connectivity index (χ2n) is 7.55. The molecule has 0 aliphatic rings. The van der Waals surface area contributed by atoms with Gasteiger partial charge < -0.3 is 14.6 Å². The molecule has 0 bridgehead atoms. The van der Waals surface area contributed by atoms with Crippen LogP contribution in [0.2, 0.25) is 0 Å². The number of benzene rings is 3. The molecule has 0 aliphatic heterocycles. The van der Waals surface area contributed by atoms with Crippen LogP contribution in [0.25, 0.3) is 11.0 Å². The van der Waals surface area contributed by atoms with Crippen molar-refractivity contribution in [1.29, 1.82) is 0 Å². The molecule has 5 nitrogen and oxygen atoms in total. The molecule has 2 amide bonds. The fourth-order valence-corrected chi connectivity index (χ4v) is 3.51. The highest BCUT2D eigenvalue weighted by molar-refractivity contribution is 5.89. The second-order valence-corrected chi connectivity index (χ2v) is 7.55. The fraction of sp³-hybridized carbons (Fsp3) is 0.154. The van der Waals surface area contributed by atoms with E-state index in [0.717, 1.165) is 17.5 Å². The average Bonchev–Trinajstić information content (AvgIpc) is 2.82. The molecule has 32 heavy (non-hydrogen) atoms. The SMILES string of the molecule is CCc1cccc(NC(=O)N(Cc2ccc(F)cc2)Cc2coc3ccccc3c2=O)c1. The molecule has 0 aliphatic carbocycles. The number of amides is 2. The molecule has 0 spiro atoms. The highest BCUT2D eigenvalue weighted by atomic mass is 19.1. The van der Waals surface area contributed by atoms with Crippen LogP contribution in [0.1, 0.15) is 23.6 Å². The Morgan fingerprint density at radius 2 is 1.75 bits per heavy atom. The molecule has 3 aromatic carbocycles. The van der Waals surface area contributed by atoms with Gasteiger partial charge >= 0.3 is 6.03 Å². The summed E-state index contributed by atoms with van der Waals surface area (Å²) in [4.78, 5) is 27.6. The van der Waals surface area contributed by atoms with Gasteiger partial charge in [-0.25, -0.2) is 9.18 Å². The van der Waals surface area contributed by atoms with E-state index in [1.165, 1.54) is 23.3 Å². The predicted molar refractivity (Wildman–Crippen MR) is 123 cm³/mol. The minimum atomic E-state index is -0.366. The normalized spacial score (nSPS) is 10.8. The Morgan fingerprint density at radius 1 is 0.969 bits per heavy atom. The lowest BCUT2D eigenvalue weighted by Gasteiger charge is -2.23. The number of carbonyl (C=O) groups excluding carboxylic acids is 1. The van der Waals surface area contributed by atoms with Crippen molar-refractivity contribution in [2.24, 2.45) is 0 Å². The molecule has 0 unspecified atom stereocenters. The van der Waals surface area contributed by atoms with E-state index in [4.69, 9.17) is 4.42 Å². The molecule has 4 aromatic rings. The maximum atomic E-state index is 13.3. The minimum absolute atomic E-state index is 0.0455. The topological polar surface area (TPSA) is 62.6 Å². The van der Waals surface area contributed by atoms with Crippen LogP contribution in [-0.4, -0.2) is 10.9 Å². The molecule has 162 valence electrons. The number of urea groups is 1. The molecule has 6 heteroatoms. The zero-order valence-electron chi connectivity index (χ0n) is 17.7. The number of hydrogen-bond acceptors (Lipinski definition) is 3. The summed E-state index contributed by atoms with van der Waals surface area (Å²) in [5.74, 6) is -0.351. The third-order valence-electron chi connectivity index (χ3n) is 5.27. The zero-order chi connectivity index (χ0) is 22.5. The Morgan fingerprint density at radius 3 is 2.53 bits per heavy atom. The van der Waals surface area contributed by atoms with Crippen LogP contribution in [-0.2, 0) is 19.5 Å². The lowest BCUT2D eigenvalue weighted by molar-refractivity contribution is 0.206. The Kier molecular flexibility index (Phi) is 6.31. The van der Waals surface area contributed by atoms with Crippen LogP contribution in [0.5, 0.6) is 0 Å². The lowest BCUT2D eigenvalue weighted by Crippen LogP contribution is -2.35. The third kappa shape index (κ3) is 4.86. The van der Waals surface area contributed by atoms with E-state index in [0.29, 0.717) is 22.2 Å². The number of nitrogens with one attached hydrogen (secondary N) is 1. The number of fused-ring (bicyclic) bond motifs is 1. The highest BCUT2D eigenvalue weighted by Gasteiger charge is 2.18. The molecule has 4 rings (SSSR count). The van der Waals surface area contributed by atoms with Gasteiger partial charge in [-0.1, -0.05) is 43.3 Å². The number of rotatable bonds is 6. The largest absolute Gasteiger partial charge is 0.464 e. The molecule has 0 saturated carbocycles. The summed E-state index contributed by atoms with van der Waals surface area (Å²) in [6.07, 6.45) is 2.24. The van der Waals surface area contributed by atoms with Crippen LogP contribution >= 0.6 is 0 Å². The van der Waals surface area contributed by atoms with Crippen LogP contribution in [0.15, 0.2) is 88.3 Å². The van der Waals surface area contributed by atoms with Crippen molar-refractivity contribution in [2.75, 3.05) is 5.32 Å². The van der Waals surface area contributed by atoms with E-state index in [9.17, 15) is 14.0 Å². The first kappa shape index (κ1) is 21.3. The van der Waals surface area contributed by atoms with E-state index in [-0.39, 0.29) is 30.4 Å². The number of aryl methyl sites for hydroxylation is 1. The van der Waals surface area contributed by atoms with Crippen molar-refractivity contribution in [3.63, 3.8) is 0 Å². The Bertz CT molecular complexity index is 1300. The van der Waals surface area contributed by atoms with E-state index in [2.05, 4.69) is 5.32 Å². The van der Waals surface area contributed by atoms with Crippen molar-refractivity contribution in [3.8, 4) is 0 Å². The van der Waals surface area contributed by atoms with Crippen LogP contribution < -0.4 is 10.7 Å². The second kappa shape index (κ2) is 9.47. The third-order valence-corrected chi connectivity index (χ3v) is 5.27. The van der Waals surface area contributed by atoms with Crippen molar-refractivity contribution >= 4 is 22.7 Å². The summed E-state index contributed by atoms with van der Waals surface area (Å²) >= 11 is 0. The first-order valence-electron chi connectivity index (χ1n) is 10.4. The number of halogens is 1. The maximum absolute atomic E-state index is 13.3. The van der Waals surface area contributed by atoms with Gasteiger partial charge in [0.1, 0.15) is 11.4 Å². The molecule has 1 heterocycles. The van der Waals surface area contributed by atoms with Gasteiger partial charge in [0.2, 0.25) is 0 Å². The molecule has 0 fully saturated rings. The number of anilines is 1. The number of nitrogens with zero attached hydrogens (tertiary/aromatic N) is 1. The Balaban J connectivity index is 1.64. The smallest absolute Gasteiger partial charge is 0.322 e. The van der Waals surface area contributed by atoms with Crippen molar-refractivity contribution in [1.82, 2.24) is 4.90 Å². The zero-order valence-corrected chi connectivity index (χ0v) is 17.7. The van der Waals surface area contributed by atoms with Crippen LogP contribution in [0.4, 0.5) is 14.9 Å². The van der Waals surface area contributed by atoms with Crippen molar-refractivity contribution in [2.45, 2.75) is 26.4 Å². The van der Waals surface area contributed by atoms with Crippen molar-refractivity contribution in [3.05, 3.63) is 112 Å². The summed E-state index contributed by atoms with van der Waals surface area (Å²) in [5.41, 5.74) is 3.19. The van der Waals surface area contributed by atoms with Crippen molar-refractivity contribution < 1.29 is 13.6 Å². The van der Waals surface area contributed by atoms with Crippen LogP contribution in [0, 0.1) is 5.82 Å². The van der Waals surface area contributed by atoms with Gasteiger partial charge in [0.05, 0.1) is 23.8 Å². The first-order valence-corrected chi connectivity index (χ1v) is 10.4. The van der Waals surface area contributed by atoms with Gasteiger partial charge in [0.15, 0.2) is 5.43 Å². The lowest BCUT2D eigenvalue weighted by atomic mass is 10.1. The Hall–Kier alpha value is -3.93. The number of para-hydroxylation sites is 1. The van der Waals surface area contributed by atoms with Gasteiger partial charge in [-0.15, -0.1) is 0 Å². The standard InChI is InChI=1S/C26H23FN2O3/c1-2-18-6-5-7-22(14-18)28-26(31)29(15-19-10-12-21(27)13-11-19)16-20-17-32-24-9-4-3-8-23(24)25(20)30/h3-14,17H,2,15-16H2,1H3,(H,28,31). The highest BCUT2D eigenvalue weighted by Crippen LogP contribution is 2.17. The van der Waals surface area contributed by atoms with Gasteiger partial charge in [0.25, 0.3) is 0 Å². The number of hydrogen-bond donors (Lipinski definition) is 1. The molecule has 0 atom stereocenters. The molecule has 1 aromatic heterocycles. The maximum Gasteiger partial charge on any atom is 0.322 e. The average molecular weight is 430 g/mol. The van der Waals surface area contributed by atoms with Crippen LogP contribution in [0.3, 0.4) is 0 Å². The van der Waals surface area contributed by atoms with Gasteiger partial charge in [-0.3, -0.25) is 4.79 Å². The summed E-state index contributed by atoms with van der Waals surface area (Å²) in [7, 11) is 0. The van der Waals surface area contributed by atoms with Gasteiger partial charge in [-0.05, 0) is 53.9 Å². The van der Waals surface area contributed by atoms with E-state index in [1.807, 2.05) is 31.2 Å². The van der Waals surface area contributed by atoms with Gasteiger partial charge in [-0.2, -0.15) is 0 Å². The summed E-state index contributed by atoms with van der Waals surface area (Å²) in [6.45, 7) is 2.29. The minimum Gasteiger partial charge on any atom is -0.464 e. The van der Waals surface area contributed by atoms with Gasteiger partial charge in [0, 0.05) is 12.2 Å². The summed E-state index contributed by atoms with van der Waals surface area (Å²) in [5, 5.41) is 3.37. The number of carbonyl (C=O) groups is 1. The summed E-state index contributed by atoms with van der Waals surface area (Å²) < 4.78 is 19.0. The molecular formula is C26H23FN2O3. The molecule has 0 radical (unpaired) electrons.